The van der Waals surface area contributed by atoms with Crippen LogP contribution in [0, 0.1) is 0 Å². The van der Waals surface area contributed by atoms with Gasteiger partial charge in [-0.3, -0.25) is 0 Å². The summed E-state index contributed by atoms with van der Waals surface area (Å²) in [6.07, 6.45) is 9.30. The van der Waals surface area contributed by atoms with Crippen molar-refractivity contribution >= 4 is 75.4 Å². The second-order valence-corrected chi connectivity index (χ2v) is 14.1. The van der Waals surface area contributed by atoms with Crippen LogP contribution in [-0.2, 0) is 0 Å². The standard InChI is InChI=1S/C45H27N3O2S/c1-2-10-26(11-3-1)43-46-44(28-21-22-31-30-12-4-6-17-36(30)49-38(31)25-28)48-45(47-43)35-16-9-18-37-41(35)34-23-20-27(24-39(34)50-37)29-14-8-15-33-32-13-5-7-19-40(32)51-42(29)33/h1-10,12-26H,11H2. The molecule has 0 N–H and O–H groups in total. The van der Waals surface area contributed by atoms with Crippen LogP contribution < -0.4 is 0 Å². The summed E-state index contributed by atoms with van der Waals surface area (Å²) in [4.78, 5) is 15.3. The molecule has 5 nitrogen and oxygen atoms in total. The monoisotopic (exact) mass is 673 g/mol. The molecule has 0 spiro atoms. The Morgan fingerprint density at radius 1 is 0.529 bits per heavy atom. The Bertz CT molecular complexity index is 3090. The van der Waals surface area contributed by atoms with Crippen molar-refractivity contribution in [1.82, 2.24) is 15.0 Å². The Hall–Kier alpha value is -6.37. The molecule has 0 radical (unpaired) electrons. The van der Waals surface area contributed by atoms with E-state index in [2.05, 4.69) is 109 Å². The molecule has 0 saturated heterocycles. The van der Waals surface area contributed by atoms with Crippen molar-refractivity contribution in [3.8, 4) is 33.9 Å². The molecule has 240 valence electrons. The van der Waals surface area contributed by atoms with Crippen molar-refractivity contribution in [2.45, 2.75) is 12.3 Å². The number of aromatic nitrogens is 3. The van der Waals surface area contributed by atoms with Gasteiger partial charge >= 0.3 is 0 Å². The fourth-order valence-corrected chi connectivity index (χ4v) is 8.84. The SMILES string of the molecule is C1=CCC(c2nc(-c3ccc4c(c3)oc3ccccc34)nc(-c3cccc4oc5cc(-c6cccc7c6sc6ccccc67)ccc5c34)n2)C=C1. The number of hydrogen-bond donors (Lipinski definition) is 0. The molecule has 1 unspecified atom stereocenters. The predicted octanol–water partition coefficient (Wildman–Crippen LogP) is 12.6. The lowest BCUT2D eigenvalue weighted by Crippen LogP contribution is -2.08. The van der Waals surface area contributed by atoms with Gasteiger partial charge in [0.05, 0.1) is 0 Å². The maximum Gasteiger partial charge on any atom is 0.164 e. The van der Waals surface area contributed by atoms with E-state index in [0.29, 0.717) is 11.6 Å². The van der Waals surface area contributed by atoms with Crippen LogP contribution in [0.5, 0.6) is 0 Å². The van der Waals surface area contributed by atoms with Crippen molar-refractivity contribution in [3.05, 3.63) is 151 Å². The molecular formula is C45H27N3O2S. The first kappa shape index (κ1) is 28.5. The van der Waals surface area contributed by atoms with Crippen molar-refractivity contribution in [2.75, 3.05) is 0 Å². The quantitative estimate of drug-likeness (QED) is 0.186. The number of thiophene rings is 1. The van der Waals surface area contributed by atoms with E-state index >= 15 is 0 Å². The molecule has 10 aromatic rings. The maximum atomic E-state index is 6.59. The predicted molar refractivity (Wildman–Crippen MR) is 209 cm³/mol. The largest absolute Gasteiger partial charge is 0.456 e. The number of benzene rings is 6. The van der Waals surface area contributed by atoms with Crippen LogP contribution in [0.15, 0.2) is 154 Å². The van der Waals surface area contributed by atoms with Gasteiger partial charge in [0.1, 0.15) is 28.2 Å². The van der Waals surface area contributed by atoms with E-state index in [4.69, 9.17) is 23.8 Å². The van der Waals surface area contributed by atoms with E-state index < -0.39 is 0 Å². The number of hydrogen-bond acceptors (Lipinski definition) is 6. The van der Waals surface area contributed by atoms with Crippen LogP contribution in [0.2, 0.25) is 0 Å². The van der Waals surface area contributed by atoms with E-state index in [1.807, 2.05) is 47.7 Å². The first-order chi connectivity index (χ1) is 25.2. The van der Waals surface area contributed by atoms with E-state index in [1.54, 1.807) is 0 Å². The zero-order valence-corrected chi connectivity index (χ0v) is 28.0. The highest BCUT2D eigenvalue weighted by atomic mass is 32.1. The van der Waals surface area contributed by atoms with Gasteiger partial charge in [0.25, 0.3) is 0 Å². The molecule has 0 amide bonds. The Kier molecular flexibility index (Phi) is 6.18. The molecule has 0 bridgehead atoms. The normalized spacial score (nSPS) is 14.6. The Balaban J connectivity index is 1.08. The first-order valence-corrected chi connectivity index (χ1v) is 17.9. The highest BCUT2D eigenvalue weighted by Crippen LogP contribution is 2.43. The minimum Gasteiger partial charge on any atom is -0.456 e. The van der Waals surface area contributed by atoms with Crippen LogP contribution >= 0.6 is 11.3 Å². The third kappa shape index (κ3) is 4.50. The Morgan fingerprint density at radius 3 is 2.18 bits per heavy atom. The molecule has 4 heterocycles. The number of nitrogens with zero attached hydrogens (tertiary/aromatic N) is 3. The van der Waals surface area contributed by atoms with Crippen LogP contribution in [0.1, 0.15) is 18.2 Å². The van der Waals surface area contributed by atoms with E-state index in [9.17, 15) is 0 Å². The number of allylic oxidation sites excluding steroid dienone is 4. The van der Waals surface area contributed by atoms with Crippen molar-refractivity contribution in [2.24, 2.45) is 0 Å². The third-order valence-electron chi connectivity index (χ3n) is 10.1. The van der Waals surface area contributed by atoms with Crippen molar-refractivity contribution in [3.63, 3.8) is 0 Å². The molecule has 1 atom stereocenters. The summed E-state index contributed by atoms with van der Waals surface area (Å²) >= 11 is 1.84. The maximum absolute atomic E-state index is 6.59. The summed E-state index contributed by atoms with van der Waals surface area (Å²) in [7, 11) is 0. The van der Waals surface area contributed by atoms with Crippen LogP contribution in [0.3, 0.4) is 0 Å². The minimum absolute atomic E-state index is 0.0462. The topological polar surface area (TPSA) is 65.0 Å². The molecule has 0 fully saturated rings. The molecule has 0 saturated carbocycles. The first-order valence-electron chi connectivity index (χ1n) is 17.1. The average molecular weight is 674 g/mol. The second-order valence-electron chi connectivity index (χ2n) is 13.1. The molecule has 6 heteroatoms. The van der Waals surface area contributed by atoms with Crippen molar-refractivity contribution in [1.29, 1.82) is 0 Å². The lowest BCUT2D eigenvalue weighted by Gasteiger charge is -2.14. The third-order valence-corrected chi connectivity index (χ3v) is 11.3. The second kappa shape index (κ2) is 11.1. The van der Waals surface area contributed by atoms with Crippen LogP contribution in [0.4, 0.5) is 0 Å². The molecule has 4 aromatic heterocycles. The van der Waals surface area contributed by atoms with Crippen LogP contribution in [0.25, 0.3) is 98.0 Å². The lowest BCUT2D eigenvalue weighted by atomic mass is 9.99. The van der Waals surface area contributed by atoms with Gasteiger partial charge in [-0.15, -0.1) is 11.3 Å². The van der Waals surface area contributed by atoms with Gasteiger partial charge in [-0.05, 0) is 60.0 Å². The van der Waals surface area contributed by atoms with Gasteiger partial charge in [-0.25, -0.2) is 15.0 Å². The van der Waals surface area contributed by atoms with Crippen LogP contribution in [-0.4, -0.2) is 15.0 Å². The van der Waals surface area contributed by atoms with Gasteiger partial charge in [0, 0.05) is 58.8 Å². The van der Waals surface area contributed by atoms with E-state index in [-0.39, 0.29) is 5.92 Å². The van der Waals surface area contributed by atoms with Gasteiger partial charge in [-0.2, -0.15) is 0 Å². The zero-order chi connectivity index (χ0) is 33.5. The van der Waals surface area contributed by atoms with Gasteiger partial charge in [-0.1, -0.05) is 103 Å². The number of para-hydroxylation sites is 1. The van der Waals surface area contributed by atoms with E-state index in [0.717, 1.165) is 72.8 Å². The molecule has 0 aliphatic heterocycles. The Morgan fingerprint density at radius 2 is 1.24 bits per heavy atom. The molecule has 51 heavy (non-hydrogen) atoms. The summed E-state index contributed by atoms with van der Waals surface area (Å²) < 4.78 is 15.4. The average Bonchev–Trinajstić information content (AvgIpc) is 3.88. The van der Waals surface area contributed by atoms with Crippen molar-refractivity contribution < 1.29 is 8.83 Å². The summed E-state index contributed by atoms with van der Waals surface area (Å²) in [5, 5.41) is 6.76. The summed E-state index contributed by atoms with van der Waals surface area (Å²) in [6, 6.07) is 42.2. The smallest absolute Gasteiger partial charge is 0.164 e. The molecular weight excluding hydrogens is 647 g/mol. The molecule has 1 aliphatic carbocycles. The summed E-state index contributed by atoms with van der Waals surface area (Å²) in [6.45, 7) is 0. The Labute approximate surface area is 295 Å². The number of rotatable bonds is 4. The molecule has 1 aliphatic rings. The zero-order valence-electron chi connectivity index (χ0n) is 27.2. The fourth-order valence-electron chi connectivity index (χ4n) is 7.60. The van der Waals surface area contributed by atoms with Gasteiger partial charge in [0.2, 0.25) is 0 Å². The number of furan rings is 2. The molecule has 6 aromatic carbocycles. The summed E-state index contributed by atoms with van der Waals surface area (Å²) in [5.41, 5.74) is 7.43. The van der Waals surface area contributed by atoms with Gasteiger partial charge < -0.3 is 8.83 Å². The van der Waals surface area contributed by atoms with Gasteiger partial charge in [0.15, 0.2) is 11.6 Å². The summed E-state index contributed by atoms with van der Waals surface area (Å²) in [5.74, 6) is 2.02. The van der Waals surface area contributed by atoms with E-state index in [1.165, 1.54) is 25.7 Å². The highest BCUT2D eigenvalue weighted by Gasteiger charge is 2.21. The number of fused-ring (bicyclic) bond motifs is 9. The highest BCUT2D eigenvalue weighted by molar-refractivity contribution is 7.26. The lowest BCUT2D eigenvalue weighted by molar-refractivity contribution is 0.668. The fraction of sp³-hybridized carbons (Fsp3) is 0.0444. The molecule has 11 rings (SSSR count). The minimum atomic E-state index is 0.0462.